The summed E-state index contributed by atoms with van der Waals surface area (Å²) in [6, 6.07) is 7.47. The molecule has 2 atom stereocenters. The van der Waals surface area contributed by atoms with E-state index in [1.165, 1.54) is 6.20 Å². The molecule has 142 valence electrons. The van der Waals surface area contributed by atoms with Crippen molar-refractivity contribution in [3.63, 3.8) is 0 Å². The lowest BCUT2D eigenvalue weighted by Crippen LogP contribution is -2.46. The highest BCUT2D eigenvalue weighted by Crippen LogP contribution is 2.44. The van der Waals surface area contributed by atoms with Gasteiger partial charge in [0.15, 0.2) is 0 Å². The molecule has 1 fully saturated rings. The van der Waals surface area contributed by atoms with Gasteiger partial charge >= 0.3 is 0 Å². The summed E-state index contributed by atoms with van der Waals surface area (Å²) in [6.45, 7) is 0.633. The van der Waals surface area contributed by atoms with Gasteiger partial charge in [0, 0.05) is 38.4 Å². The van der Waals surface area contributed by atoms with Crippen molar-refractivity contribution in [2.75, 3.05) is 13.6 Å². The molecule has 0 bridgehead atoms. The second-order valence-corrected chi connectivity index (χ2v) is 7.62. The molecule has 4 rings (SSSR count). The first-order valence-corrected chi connectivity index (χ1v) is 9.37. The molecule has 2 aliphatic rings. The first kappa shape index (κ1) is 17.9. The van der Waals surface area contributed by atoms with Gasteiger partial charge in [-0.3, -0.25) is 14.7 Å². The number of hydrogen-bond donors (Lipinski definition) is 2. The highest BCUT2D eigenvalue weighted by atomic mass is 35.5. The molecule has 0 unspecified atom stereocenters. The standard InChI is InChI=1S/C19H21ClN4O3/c1-24-9-8-19(7-6-16(24)25)10-14(12-4-2-3-5-15(12)27-19)22-18(26)17-13(20)11-21-23-17/h2-5,11,14H,6-10H2,1H3,(H,21,23)(H,22,26)/t14-,19-/m1/s1. The number of likely N-dealkylation sites (tertiary alicyclic amines) is 1. The van der Waals surface area contributed by atoms with E-state index < -0.39 is 5.60 Å². The van der Waals surface area contributed by atoms with E-state index in [1.807, 2.05) is 31.3 Å². The molecule has 1 saturated heterocycles. The fourth-order valence-corrected chi connectivity index (χ4v) is 4.04. The molecule has 0 radical (unpaired) electrons. The van der Waals surface area contributed by atoms with Gasteiger partial charge in [0.25, 0.3) is 5.91 Å². The molecular formula is C19H21ClN4O3. The summed E-state index contributed by atoms with van der Waals surface area (Å²) in [7, 11) is 1.82. The van der Waals surface area contributed by atoms with Gasteiger partial charge in [-0.2, -0.15) is 5.10 Å². The normalized spacial score (nSPS) is 24.9. The van der Waals surface area contributed by atoms with Crippen LogP contribution >= 0.6 is 11.6 Å². The first-order valence-electron chi connectivity index (χ1n) is 8.99. The molecule has 1 aromatic carbocycles. The Labute approximate surface area is 162 Å². The third-order valence-corrected chi connectivity index (χ3v) is 5.73. The van der Waals surface area contributed by atoms with Gasteiger partial charge in [-0.05, 0) is 12.5 Å². The predicted octanol–water partition coefficient (Wildman–Crippen LogP) is 2.70. The van der Waals surface area contributed by atoms with Crippen molar-refractivity contribution in [3.05, 3.63) is 46.7 Å². The monoisotopic (exact) mass is 388 g/mol. The van der Waals surface area contributed by atoms with E-state index >= 15 is 0 Å². The summed E-state index contributed by atoms with van der Waals surface area (Å²) in [5.74, 6) is 0.567. The summed E-state index contributed by atoms with van der Waals surface area (Å²) in [5, 5.41) is 9.78. The molecule has 2 amide bonds. The van der Waals surface area contributed by atoms with Gasteiger partial charge in [-0.1, -0.05) is 29.8 Å². The molecule has 8 heteroatoms. The number of carbonyl (C=O) groups is 2. The number of halogens is 1. The van der Waals surface area contributed by atoms with Crippen LogP contribution in [0.3, 0.4) is 0 Å². The summed E-state index contributed by atoms with van der Waals surface area (Å²) < 4.78 is 6.39. The van der Waals surface area contributed by atoms with Crippen molar-refractivity contribution < 1.29 is 14.3 Å². The third kappa shape index (κ3) is 3.39. The van der Waals surface area contributed by atoms with Crippen LogP contribution in [0.15, 0.2) is 30.5 Å². The lowest BCUT2D eigenvalue weighted by Gasteiger charge is -2.42. The minimum absolute atomic E-state index is 0.124. The quantitative estimate of drug-likeness (QED) is 0.828. The van der Waals surface area contributed by atoms with Gasteiger partial charge in [0.05, 0.1) is 17.3 Å². The molecule has 1 aromatic heterocycles. The van der Waals surface area contributed by atoms with Gasteiger partial charge < -0.3 is 15.0 Å². The molecule has 27 heavy (non-hydrogen) atoms. The zero-order chi connectivity index (χ0) is 19.0. The lowest BCUT2D eigenvalue weighted by molar-refractivity contribution is -0.129. The molecule has 1 spiro atoms. The largest absolute Gasteiger partial charge is 0.487 e. The summed E-state index contributed by atoms with van der Waals surface area (Å²) in [6.07, 6.45) is 3.79. The van der Waals surface area contributed by atoms with Crippen LogP contribution < -0.4 is 10.1 Å². The smallest absolute Gasteiger partial charge is 0.271 e. The number of hydrogen-bond acceptors (Lipinski definition) is 4. The Kier molecular flexibility index (Phi) is 4.55. The maximum absolute atomic E-state index is 12.7. The number of amides is 2. The van der Waals surface area contributed by atoms with Gasteiger partial charge in [0.1, 0.15) is 17.0 Å². The van der Waals surface area contributed by atoms with E-state index in [0.717, 1.165) is 17.7 Å². The fourth-order valence-electron chi connectivity index (χ4n) is 3.86. The number of nitrogens with one attached hydrogen (secondary N) is 2. The average Bonchev–Trinajstić information content (AvgIpc) is 3.05. The van der Waals surface area contributed by atoms with E-state index in [1.54, 1.807) is 4.90 Å². The Morgan fingerprint density at radius 3 is 3.00 bits per heavy atom. The van der Waals surface area contributed by atoms with Crippen LogP contribution in [0.1, 0.15) is 47.8 Å². The van der Waals surface area contributed by atoms with Crippen LogP contribution in [0.2, 0.25) is 5.02 Å². The zero-order valence-corrected chi connectivity index (χ0v) is 15.8. The third-order valence-electron chi connectivity index (χ3n) is 5.45. The molecule has 2 aliphatic heterocycles. The molecule has 2 N–H and O–H groups in total. The molecule has 2 aromatic rings. The lowest BCUT2D eigenvalue weighted by atomic mass is 9.82. The Bertz CT molecular complexity index is 883. The molecule has 0 saturated carbocycles. The van der Waals surface area contributed by atoms with E-state index in [9.17, 15) is 9.59 Å². The number of aromatic nitrogens is 2. The van der Waals surface area contributed by atoms with Crippen molar-refractivity contribution in [3.8, 4) is 5.75 Å². The topological polar surface area (TPSA) is 87.3 Å². The van der Waals surface area contributed by atoms with Crippen molar-refractivity contribution in [1.29, 1.82) is 0 Å². The number of nitrogens with zero attached hydrogens (tertiary/aromatic N) is 2. The minimum Gasteiger partial charge on any atom is -0.487 e. The molecule has 3 heterocycles. The molecular weight excluding hydrogens is 368 g/mol. The maximum Gasteiger partial charge on any atom is 0.271 e. The van der Waals surface area contributed by atoms with Crippen molar-refractivity contribution >= 4 is 23.4 Å². The first-order chi connectivity index (χ1) is 13.0. The van der Waals surface area contributed by atoms with Crippen LogP contribution in [0.4, 0.5) is 0 Å². The Morgan fingerprint density at radius 2 is 2.22 bits per heavy atom. The number of ether oxygens (including phenoxy) is 1. The van der Waals surface area contributed by atoms with Crippen LogP contribution in [0.25, 0.3) is 0 Å². The predicted molar refractivity (Wildman–Crippen MR) is 99.7 cm³/mol. The number of H-pyrrole nitrogens is 1. The van der Waals surface area contributed by atoms with Crippen LogP contribution in [0.5, 0.6) is 5.75 Å². The zero-order valence-electron chi connectivity index (χ0n) is 15.0. The second-order valence-electron chi connectivity index (χ2n) is 7.21. The average molecular weight is 389 g/mol. The van der Waals surface area contributed by atoms with E-state index in [2.05, 4.69) is 15.5 Å². The number of rotatable bonds is 2. The fraction of sp³-hybridized carbons (Fsp3) is 0.421. The van der Waals surface area contributed by atoms with Gasteiger partial charge in [-0.15, -0.1) is 0 Å². The summed E-state index contributed by atoms with van der Waals surface area (Å²) in [5.41, 5.74) is 0.686. The van der Waals surface area contributed by atoms with Crippen molar-refractivity contribution in [2.24, 2.45) is 0 Å². The Morgan fingerprint density at radius 1 is 1.41 bits per heavy atom. The number of para-hydroxylation sites is 1. The number of aromatic amines is 1. The van der Waals surface area contributed by atoms with E-state index in [-0.39, 0.29) is 28.6 Å². The number of benzene rings is 1. The van der Waals surface area contributed by atoms with E-state index in [0.29, 0.717) is 25.8 Å². The molecule has 0 aliphatic carbocycles. The van der Waals surface area contributed by atoms with E-state index in [4.69, 9.17) is 16.3 Å². The minimum atomic E-state index is -0.482. The Balaban J connectivity index is 1.63. The van der Waals surface area contributed by atoms with Crippen LogP contribution in [-0.2, 0) is 4.79 Å². The Hall–Kier alpha value is -2.54. The second kappa shape index (κ2) is 6.88. The van der Waals surface area contributed by atoms with Crippen molar-refractivity contribution in [2.45, 2.75) is 37.3 Å². The van der Waals surface area contributed by atoms with Gasteiger partial charge in [0.2, 0.25) is 5.91 Å². The number of carbonyl (C=O) groups excluding carboxylic acids is 2. The van der Waals surface area contributed by atoms with Crippen LogP contribution in [0, 0.1) is 0 Å². The SMILES string of the molecule is CN1CC[C@]2(CCC1=O)C[C@@H](NC(=O)c1[nH]ncc1Cl)c1ccccc1O2. The summed E-state index contributed by atoms with van der Waals surface area (Å²) in [4.78, 5) is 26.5. The highest BCUT2D eigenvalue weighted by molar-refractivity contribution is 6.33. The van der Waals surface area contributed by atoms with Gasteiger partial charge in [-0.25, -0.2) is 0 Å². The maximum atomic E-state index is 12.7. The number of fused-ring (bicyclic) bond motifs is 1. The van der Waals surface area contributed by atoms with Crippen molar-refractivity contribution in [1.82, 2.24) is 20.4 Å². The van der Waals surface area contributed by atoms with Crippen LogP contribution in [-0.4, -0.2) is 46.1 Å². The molecule has 7 nitrogen and oxygen atoms in total. The highest BCUT2D eigenvalue weighted by Gasteiger charge is 2.43. The summed E-state index contributed by atoms with van der Waals surface area (Å²) >= 11 is 6.03.